The molecule has 0 bridgehead atoms. The molecular weight excluding hydrogens is 490 g/mol. The van der Waals surface area contributed by atoms with E-state index < -0.39 is 40.4 Å². The lowest BCUT2D eigenvalue weighted by molar-refractivity contribution is -0.145. The van der Waals surface area contributed by atoms with Gasteiger partial charge in [-0.3, -0.25) is 4.90 Å². The van der Waals surface area contributed by atoms with Crippen LogP contribution >= 0.6 is 0 Å². The smallest absolute Gasteiger partial charge is 0.298 e. The van der Waals surface area contributed by atoms with Crippen molar-refractivity contribution in [1.29, 1.82) is 5.26 Å². The first kappa shape index (κ1) is 29.0. The highest BCUT2D eigenvalue weighted by Crippen LogP contribution is 2.55. The quantitative estimate of drug-likeness (QED) is 0.276. The number of hydrogen-bond donors (Lipinski definition) is 0. The van der Waals surface area contributed by atoms with Gasteiger partial charge in [0.2, 0.25) is 0 Å². The summed E-state index contributed by atoms with van der Waals surface area (Å²) in [7, 11) is 0. The maximum atomic E-state index is 14.0. The van der Waals surface area contributed by atoms with E-state index >= 15 is 0 Å². The molecule has 2 aromatic carbocycles. The molecule has 0 amide bonds. The summed E-state index contributed by atoms with van der Waals surface area (Å²) >= 11 is 0. The zero-order chi connectivity index (χ0) is 27.4. The van der Waals surface area contributed by atoms with Gasteiger partial charge in [0.1, 0.15) is 0 Å². The molecular formula is C29H34F6N2. The van der Waals surface area contributed by atoms with Gasteiger partial charge < -0.3 is 0 Å². The van der Waals surface area contributed by atoms with Gasteiger partial charge in [0.25, 0.3) is 0 Å². The van der Waals surface area contributed by atoms with Gasteiger partial charge in [-0.05, 0) is 81.5 Å². The molecule has 0 aromatic heterocycles. The fourth-order valence-corrected chi connectivity index (χ4v) is 5.58. The van der Waals surface area contributed by atoms with E-state index in [2.05, 4.69) is 4.90 Å². The molecule has 0 spiro atoms. The van der Waals surface area contributed by atoms with Crippen LogP contribution in [0.5, 0.6) is 0 Å². The average Bonchev–Trinajstić information content (AvgIpc) is 3.68. The molecule has 1 saturated carbocycles. The maximum absolute atomic E-state index is 14.0. The van der Waals surface area contributed by atoms with Gasteiger partial charge in [-0.2, -0.15) is 31.6 Å². The van der Waals surface area contributed by atoms with Crippen LogP contribution < -0.4 is 0 Å². The number of benzene rings is 2. The van der Waals surface area contributed by atoms with Crippen LogP contribution in [0, 0.1) is 17.2 Å². The van der Waals surface area contributed by atoms with E-state index in [9.17, 15) is 31.6 Å². The Labute approximate surface area is 215 Å². The highest BCUT2D eigenvalue weighted by atomic mass is 19.4. The van der Waals surface area contributed by atoms with E-state index in [1.54, 1.807) is 0 Å². The summed E-state index contributed by atoms with van der Waals surface area (Å²) in [6, 6.07) is 14.1. The van der Waals surface area contributed by atoms with Crippen LogP contribution in [0.2, 0.25) is 0 Å². The fourth-order valence-electron chi connectivity index (χ4n) is 5.58. The van der Waals surface area contributed by atoms with Crippen LogP contribution in [-0.2, 0) is 24.2 Å². The standard InChI is InChI=1S/C29H34F6N2/c1-4-23(37(20(2)3)18-16-21-9-6-5-7-10-21)15-17-27(19-36,22-13-14-22)26-24(28(30,31)32)11-8-12-25(26)29(33,34)35/h5-12,20,22-23H,4,13-18H2,1-3H3. The molecule has 37 heavy (non-hydrogen) atoms. The topological polar surface area (TPSA) is 27.0 Å². The molecule has 0 radical (unpaired) electrons. The molecule has 1 aliphatic rings. The largest absolute Gasteiger partial charge is 0.416 e. The molecule has 0 saturated heterocycles. The minimum absolute atomic E-state index is 0.0581. The van der Waals surface area contributed by atoms with Gasteiger partial charge in [-0.1, -0.05) is 43.3 Å². The van der Waals surface area contributed by atoms with E-state index in [0.29, 0.717) is 44.4 Å². The van der Waals surface area contributed by atoms with Crippen LogP contribution in [-0.4, -0.2) is 23.5 Å². The Morgan fingerprint density at radius 3 is 1.92 bits per heavy atom. The van der Waals surface area contributed by atoms with Gasteiger partial charge in [0, 0.05) is 18.6 Å². The minimum Gasteiger partial charge on any atom is -0.298 e. The molecule has 2 nitrogen and oxygen atoms in total. The average molecular weight is 525 g/mol. The Bertz CT molecular complexity index is 1030. The zero-order valence-electron chi connectivity index (χ0n) is 21.5. The molecule has 0 aliphatic heterocycles. The van der Waals surface area contributed by atoms with Crippen LogP contribution in [0.15, 0.2) is 48.5 Å². The van der Waals surface area contributed by atoms with Crippen molar-refractivity contribution in [3.63, 3.8) is 0 Å². The van der Waals surface area contributed by atoms with Gasteiger partial charge in [0.15, 0.2) is 0 Å². The number of alkyl halides is 6. The molecule has 3 rings (SSSR count). The number of hydrogen-bond acceptors (Lipinski definition) is 2. The van der Waals surface area contributed by atoms with Crippen molar-refractivity contribution in [1.82, 2.24) is 4.90 Å². The summed E-state index contributed by atoms with van der Waals surface area (Å²) in [6.07, 6.45) is -7.41. The number of halogens is 6. The molecule has 0 N–H and O–H groups in total. The summed E-state index contributed by atoms with van der Waals surface area (Å²) in [5.41, 5.74) is -4.30. The second kappa shape index (κ2) is 11.5. The van der Waals surface area contributed by atoms with Crippen molar-refractivity contribution >= 4 is 0 Å². The van der Waals surface area contributed by atoms with Crippen molar-refractivity contribution in [2.24, 2.45) is 5.92 Å². The lowest BCUT2D eigenvalue weighted by Gasteiger charge is -2.38. The summed E-state index contributed by atoms with van der Waals surface area (Å²) < 4.78 is 84.3. The second-order valence-corrected chi connectivity index (χ2v) is 10.2. The molecule has 2 aromatic rings. The third-order valence-corrected chi connectivity index (χ3v) is 7.57. The monoisotopic (exact) mass is 524 g/mol. The molecule has 1 aliphatic carbocycles. The number of nitrogens with zero attached hydrogens (tertiary/aromatic N) is 2. The number of rotatable bonds is 11. The van der Waals surface area contributed by atoms with Gasteiger partial charge in [0.05, 0.1) is 22.6 Å². The van der Waals surface area contributed by atoms with Crippen molar-refractivity contribution in [3.05, 3.63) is 70.8 Å². The van der Waals surface area contributed by atoms with Crippen LogP contribution in [0.25, 0.3) is 0 Å². The van der Waals surface area contributed by atoms with Crippen LogP contribution in [0.3, 0.4) is 0 Å². The van der Waals surface area contributed by atoms with E-state index in [0.717, 1.165) is 18.1 Å². The molecule has 8 heteroatoms. The molecule has 2 unspecified atom stereocenters. The lowest BCUT2D eigenvalue weighted by Crippen LogP contribution is -2.43. The first-order valence-electron chi connectivity index (χ1n) is 12.8. The predicted molar refractivity (Wildman–Crippen MR) is 132 cm³/mol. The highest BCUT2D eigenvalue weighted by Gasteiger charge is 2.54. The van der Waals surface area contributed by atoms with E-state index in [-0.39, 0.29) is 18.5 Å². The molecule has 2 atom stereocenters. The van der Waals surface area contributed by atoms with Gasteiger partial charge in [-0.25, -0.2) is 0 Å². The SMILES string of the molecule is CCC(CCC(C#N)(c1c(C(F)(F)F)cccc1C(F)(F)F)C1CC1)N(CCc1ccccc1)C(C)C. The van der Waals surface area contributed by atoms with Crippen molar-refractivity contribution < 1.29 is 26.3 Å². The Kier molecular flexibility index (Phi) is 9.00. The van der Waals surface area contributed by atoms with E-state index in [1.807, 2.05) is 57.2 Å². The first-order valence-corrected chi connectivity index (χ1v) is 12.8. The third kappa shape index (κ3) is 6.67. The first-order chi connectivity index (χ1) is 17.3. The Hall–Kier alpha value is -2.53. The second-order valence-electron chi connectivity index (χ2n) is 10.2. The normalized spacial score (nSPS) is 17.0. The molecule has 1 fully saturated rings. The fraction of sp³-hybridized carbons (Fsp3) is 0.552. The summed E-state index contributed by atoms with van der Waals surface area (Å²) in [5, 5.41) is 10.3. The predicted octanol–water partition coefficient (Wildman–Crippen LogP) is 8.41. The van der Waals surface area contributed by atoms with Crippen molar-refractivity contribution in [2.75, 3.05) is 6.54 Å². The maximum Gasteiger partial charge on any atom is 0.416 e. The summed E-state index contributed by atoms with van der Waals surface area (Å²) in [6.45, 7) is 6.74. The van der Waals surface area contributed by atoms with E-state index in [4.69, 9.17) is 0 Å². The van der Waals surface area contributed by atoms with E-state index in [1.165, 1.54) is 0 Å². The third-order valence-electron chi connectivity index (χ3n) is 7.57. The van der Waals surface area contributed by atoms with Crippen LogP contribution in [0.4, 0.5) is 26.3 Å². The van der Waals surface area contributed by atoms with Crippen molar-refractivity contribution in [3.8, 4) is 6.07 Å². The Balaban J connectivity index is 1.98. The minimum atomic E-state index is -5.00. The van der Waals surface area contributed by atoms with Gasteiger partial charge >= 0.3 is 12.4 Å². The highest BCUT2D eigenvalue weighted by molar-refractivity contribution is 5.49. The van der Waals surface area contributed by atoms with Crippen molar-refractivity contribution in [2.45, 2.75) is 89.1 Å². The summed E-state index contributed by atoms with van der Waals surface area (Å²) in [4.78, 5) is 2.25. The lowest BCUT2D eigenvalue weighted by atomic mass is 9.69. The zero-order valence-corrected chi connectivity index (χ0v) is 21.5. The van der Waals surface area contributed by atoms with Gasteiger partial charge in [-0.15, -0.1) is 0 Å². The molecule has 202 valence electrons. The summed E-state index contributed by atoms with van der Waals surface area (Å²) in [5.74, 6) is -0.531. The Morgan fingerprint density at radius 2 is 1.49 bits per heavy atom. The Morgan fingerprint density at radius 1 is 0.919 bits per heavy atom. The van der Waals surface area contributed by atoms with Crippen LogP contribution in [0.1, 0.15) is 75.1 Å². The molecule has 0 heterocycles. The number of nitriles is 1.